The Balaban J connectivity index is 2.92. The number of rotatable bonds is 3. The largest absolute Gasteiger partial charge is 0.438 e. The van der Waals surface area contributed by atoms with Gasteiger partial charge in [-0.1, -0.05) is 0 Å². The van der Waals surface area contributed by atoms with Gasteiger partial charge in [0.05, 0.1) is 6.61 Å². The molecular formula is C7H9NO3. The van der Waals surface area contributed by atoms with Crippen molar-refractivity contribution in [2.45, 2.75) is 13.5 Å². The summed E-state index contributed by atoms with van der Waals surface area (Å²) in [5.41, 5.74) is 0.556. The van der Waals surface area contributed by atoms with Gasteiger partial charge in [-0.2, -0.15) is 0 Å². The number of carbonyl (C=O) groups is 1. The SMILES string of the molecule is COCc1nc(C)oc1C=O. The molecule has 0 fully saturated rings. The fourth-order valence-corrected chi connectivity index (χ4v) is 0.818. The Morgan fingerprint density at radius 3 is 3.00 bits per heavy atom. The molecule has 0 saturated carbocycles. The standard InChI is InChI=1S/C7H9NO3/c1-5-8-6(4-10-2)7(3-9)11-5/h3H,4H2,1-2H3. The van der Waals surface area contributed by atoms with Crippen molar-refractivity contribution >= 4 is 6.29 Å². The summed E-state index contributed by atoms with van der Waals surface area (Å²) in [4.78, 5) is 14.3. The Morgan fingerprint density at radius 1 is 1.73 bits per heavy atom. The number of oxazole rings is 1. The zero-order chi connectivity index (χ0) is 8.27. The van der Waals surface area contributed by atoms with Gasteiger partial charge in [0.15, 0.2) is 17.9 Å². The second kappa shape index (κ2) is 3.30. The van der Waals surface area contributed by atoms with Crippen molar-refractivity contribution in [3.63, 3.8) is 0 Å². The average molecular weight is 155 g/mol. The zero-order valence-corrected chi connectivity index (χ0v) is 6.46. The van der Waals surface area contributed by atoms with E-state index in [1.54, 1.807) is 14.0 Å². The Labute approximate surface area is 64.2 Å². The molecule has 0 spiro atoms. The molecule has 4 heteroatoms. The lowest BCUT2D eigenvalue weighted by Crippen LogP contribution is -1.91. The number of aldehydes is 1. The van der Waals surface area contributed by atoms with E-state index in [-0.39, 0.29) is 5.76 Å². The lowest BCUT2D eigenvalue weighted by molar-refractivity contribution is 0.109. The predicted molar refractivity (Wildman–Crippen MR) is 37.3 cm³/mol. The number of hydrogen-bond donors (Lipinski definition) is 0. The smallest absolute Gasteiger partial charge is 0.192 e. The minimum atomic E-state index is 0.254. The highest BCUT2D eigenvalue weighted by Crippen LogP contribution is 2.08. The summed E-state index contributed by atoms with van der Waals surface area (Å²) in [6, 6.07) is 0. The fourth-order valence-electron chi connectivity index (χ4n) is 0.818. The van der Waals surface area contributed by atoms with Crippen molar-refractivity contribution in [1.29, 1.82) is 0 Å². The van der Waals surface area contributed by atoms with E-state index in [0.29, 0.717) is 24.5 Å². The van der Waals surface area contributed by atoms with Crippen molar-refractivity contribution < 1.29 is 13.9 Å². The first kappa shape index (κ1) is 7.94. The molecule has 0 atom stereocenters. The predicted octanol–water partition coefficient (Wildman–Crippen LogP) is 0.942. The highest BCUT2D eigenvalue weighted by Gasteiger charge is 2.08. The van der Waals surface area contributed by atoms with E-state index in [4.69, 9.17) is 9.15 Å². The van der Waals surface area contributed by atoms with Crippen molar-refractivity contribution in [2.75, 3.05) is 7.11 Å². The van der Waals surface area contributed by atoms with Crippen LogP contribution < -0.4 is 0 Å². The first-order valence-corrected chi connectivity index (χ1v) is 3.18. The number of aryl methyl sites for hydroxylation is 1. The molecule has 0 bridgehead atoms. The fraction of sp³-hybridized carbons (Fsp3) is 0.429. The number of ether oxygens (including phenoxy) is 1. The monoisotopic (exact) mass is 155 g/mol. The van der Waals surface area contributed by atoms with Gasteiger partial charge in [-0.15, -0.1) is 0 Å². The minimum absolute atomic E-state index is 0.254. The quantitative estimate of drug-likeness (QED) is 0.609. The van der Waals surface area contributed by atoms with Crippen molar-refractivity contribution in [1.82, 2.24) is 4.98 Å². The molecule has 0 aliphatic rings. The first-order valence-electron chi connectivity index (χ1n) is 3.18. The van der Waals surface area contributed by atoms with Crippen LogP contribution in [0.15, 0.2) is 4.42 Å². The van der Waals surface area contributed by atoms with Crippen LogP contribution in [0.5, 0.6) is 0 Å². The maximum Gasteiger partial charge on any atom is 0.192 e. The van der Waals surface area contributed by atoms with Crippen molar-refractivity contribution in [2.24, 2.45) is 0 Å². The maximum atomic E-state index is 10.3. The highest BCUT2D eigenvalue weighted by atomic mass is 16.5. The third-order valence-electron chi connectivity index (χ3n) is 1.22. The molecule has 0 aliphatic heterocycles. The number of carbonyl (C=O) groups excluding carboxylic acids is 1. The van der Waals surface area contributed by atoms with Crippen molar-refractivity contribution in [3.8, 4) is 0 Å². The minimum Gasteiger partial charge on any atom is -0.438 e. The zero-order valence-electron chi connectivity index (χ0n) is 6.46. The molecule has 0 aliphatic carbocycles. The van der Waals surface area contributed by atoms with E-state index in [9.17, 15) is 4.79 Å². The van der Waals surface area contributed by atoms with E-state index in [0.717, 1.165) is 0 Å². The highest BCUT2D eigenvalue weighted by molar-refractivity contribution is 5.71. The normalized spacial score (nSPS) is 10.0. The van der Waals surface area contributed by atoms with Crippen LogP contribution in [0.1, 0.15) is 22.1 Å². The number of hydrogen-bond acceptors (Lipinski definition) is 4. The van der Waals surface area contributed by atoms with Gasteiger partial charge in [-0.3, -0.25) is 4.79 Å². The van der Waals surface area contributed by atoms with Crippen LogP contribution in [0.3, 0.4) is 0 Å². The van der Waals surface area contributed by atoms with Crippen molar-refractivity contribution in [3.05, 3.63) is 17.3 Å². The van der Waals surface area contributed by atoms with Crippen LogP contribution in [-0.2, 0) is 11.3 Å². The van der Waals surface area contributed by atoms with E-state index < -0.39 is 0 Å². The van der Waals surface area contributed by atoms with Crippen LogP contribution >= 0.6 is 0 Å². The van der Waals surface area contributed by atoms with Gasteiger partial charge in [-0.05, 0) is 0 Å². The Morgan fingerprint density at radius 2 is 2.45 bits per heavy atom. The van der Waals surface area contributed by atoms with E-state index >= 15 is 0 Å². The molecule has 0 radical (unpaired) electrons. The molecular weight excluding hydrogens is 146 g/mol. The van der Waals surface area contributed by atoms with Gasteiger partial charge in [0.1, 0.15) is 5.69 Å². The second-order valence-electron chi connectivity index (χ2n) is 2.09. The molecule has 1 rings (SSSR count). The summed E-state index contributed by atoms with van der Waals surface area (Å²) in [5, 5.41) is 0. The van der Waals surface area contributed by atoms with Crippen LogP contribution in [0, 0.1) is 6.92 Å². The molecule has 60 valence electrons. The van der Waals surface area contributed by atoms with Gasteiger partial charge in [0.2, 0.25) is 0 Å². The summed E-state index contributed by atoms with van der Waals surface area (Å²) in [7, 11) is 1.54. The topological polar surface area (TPSA) is 52.3 Å². The van der Waals surface area contributed by atoms with Gasteiger partial charge in [0, 0.05) is 14.0 Å². The lowest BCUT2D eigenvalue weighted by Gasteiger charge is -1.90. The van der Waals surface area contributed by atoms with Crippen LogP contribution in [0.25, 0.3) is 0 Å². The molecule has 0 N–H and O–H groups in total. The number of aromatic nitrogens is 1. The summed E-state index contributed by atoms with van der Waals surface area (Å²) in [5.74, 6) is 0.739. The summed E-state index contributed by atoms with van der Waals surface area (Å²) in [6.07, 6.45) is 0.633. The molecule has 0 aromatic carbocycles. The molecule has 1 aromatic heterocycles. The van der Waals surface area contributed by atoms with Gasteiger partial charge in [0.25, 0.3) is 0 Å². The van der Waals surface area contributed by atoms with E-state index in [2.05, 4.69) is 4.98 Å². The molecule has 0 unspecified atom stereocenters. The van der Waals surface area contributed by atoms with Gasteiger partial charge >= 0.3 is 0 Å². The van der Waals surface area contributed by atoms with Gasteiger partial charge in [-0.25, -0.2) is 4.98 Å². The molecule has 1 aromatic rings. The Bertz CT molecular complexity index is 254. The third-order valence-corrected chi connectivity index (χ3v) is 1.22. The Hall–Kier alpha value is -1.16. The van der Waals surface area contributed by atoms with E-state index in [1.165, 1.54) is 0 Å². The molecule has 4 nitrogen and oxygen atoms in total. The van der Waals surface area contributed by atoms with Gasteiger partial charge < -0.3 is 9.15 Å². The average Bonchev–Trinajstić information content (AvgIpc) is 2.32. The molecule has 0 amide bonds. The first-order chi connectivity index (χ1) is 5.27. The molecule has 11 heavy (non-hydrogen) atoms. The van der Waals surface area contributed by atoms with E-state index in [1.807, 2.05) is 0 Å². The summed E-state index contributed by atoms with van der Waals surface area (Å²) >= 11 is 0. The summed E-state index contributed by atoms with van der Waals surface area (Å²) < 4.78 is 9.76. The molecule has 0 saturated heterocycles. The van der Waals surface area contributed by atoms with Crippen LogP contribution in [0.2, 0.25) is 0 Å². The number of nitrogens with zero attached hydrogens (tertiary/aromatic N) is 1. The molecule has 1 heterocycles. The summed E-state index contributed by atoms with van der Waals surface area (Å²) in [6.45, 7) is 2.00. The second-order valence-corrected chi connectivity index (χ2v) is 2.09. The number of methoxy groups -OCH3 is 1. The van der Waals surface area contributed by atoms with Crippen LogP contribution in [0.4, 0.5) is 0 Å². The maximum absolute atomic E-state index is 10.3. The van der Waals surface area contributed by atoms with Crippen LogP contribution in [-0.4, -0.2) is 18.4 Å². The lowest BCUT2D eigenvalue weighted by atomic mass is 10.4. The third kappa shape index (κ3) is 1.65. The Kier molecular flexibility index (Phi) is 2.38.